The lowest BCUT2D eigenvalue weighted by molar-refractivity contribution is 0.619. The monoisotopic (exact) mass is 318 g/mol. The van der Waals surface area contributed by atoms with Gasteiger partial charge in [0.05, 0.1) is 0 Å². The van der Waals surface area contributed by atoms with E-state index in [9.17, 15) is 4.39 Å². The molecule has 0 atom stereocenters. The van der Waals surface area contributed by atoms with Gasteiger partial charge in [-0.2, -0.15) is 0 Å². The van der Waals surface area contributed by atoms with Gasteiger partial charge in [0.1, 0.15) is 5.82 Å². The molecule has 1 heteroatoms. The van der Waals surface area contributed by atoms with Crippen molar-refractivity contribution in [2.45, 2.75) is 32.6 Å². The third-order valence-electron chi connectivity index (χ3n) is 4.48. The fourth-order valence-electron chi connectivity index (χ4n) is 3.11. The average Bonchev–Trinajstić information content (AvgIpc) is 2.62. The minimum Gasteiger partial charge on any atom is -0.206 e. The van der Waals surface area contributed by atoms with Crippen LogP contribution in [0, 0.1) is 5.82 Å². The number of fused-ring (bicyclic) bond motifs is 1. The van der Waals surface area contributed by atoms with E-state index in [0.29, 0.717) is 5.39 Å². The van der Waals surface area contributed by atoms with Crippen molar-refractivity contribution in [2.24, 2.45) is 0 Å². The van der Waals surface area contributed by atoms with Crippen molar-refractivity contribution in [1.82, 2.24) is 0 Å². The Morgan fingerprint density at radius 1 is 0.917 bits per heavy atom. The normalized spacial score (nSPS) is 10.9. The molecule has 24 heavy (non-hydrogen) atoms. The van der Waals surface area contributed by atoms with Crippen LogP contribution in [0.2, 0.25) is 0 Å². The van der Waals surface area contributed by atoms with E-state index in [-0.39, 0.29) is 5.82 Å². The molecule has 0 aliphatic carbocycles. The minimum absolute atomic E-state index is 0.0688. The highest BCUT2D eigenvalue weighted by molar-refractivity contribution is 5.88. The van der Waals surface area contributed by atoms with Crippen LogP contribution in [0.3, 0.4) is 0 Å². The molecule has 122 valence electrons. The summed E-state index contributed by atoms with van der Waals surface area (Å²) in [6.07, 6.45) is 5.70. The summed E-state index contributed by atoms with van der Waals surface area (Å²) < 4.78 is 14.6. The Bertz CT molecular complexity index is 844. The van der Waals surface area contributed by atoms with Crippen LogP contribution < -0.4 is 0 Å². The summed E-state index contributed by atoms with van der Waals surface area (Å²) in [5.41, 5.74) is 4.41. The van der Waals surface area contributed by atoms with E-state index in [0.717, 1.165) is 47.8 Å². The van der Waals surface area contributed by atoms with E-state index in [2.05, 4.69) is 43.8 Å². The molecule has 3 aromatic carbocycles. The van der Waals surface area contributed by atoms with Crippen molar-refractivity contribution in [3.05, 3.63) is 84.2 Å². The number of hydrogen-bond acceptors (Lipinski definition) is 0. The van der Waals surface area contributed by atoms with Gasteiger partial charge in [-0.3, -0.25) is 0 Å². The van der Waals surface area contributed by atoms with Crippen LogP contribution in [0.4, 0.5) is 4.39 Å². The molecule has 0 aliphatic rings. The van der Waals surface area contributed by atoms with Crippen LogP contribution >= 0.6 is 0 Å². The van der Waals surface area contributed by atoms with Crippen molar-refractivity contribution in [2.75, 3.05) is 0 Å². The maximum Gasteiger partial charge on any atom is 0.134 e. The van der Waals surface area contributed by atoms with Gasteiger partial charge in [0.15, 0.2) is 0 Å². The molecular weight excluding hydrogens is 295 g/mol. The molecule has 0 heterocycles. The zero-order valence-corrected chi connectivity index (χ0v) is 14.2. The smallest absolute Gasteiger partial charge is 0.134 e. The van der Waals surface area contributed by atoms with E-state index >= 15 is 0 Å². The summed E-state index contributed by atoms with van der Waals surface area (Å²) in [6, 6.07) is 18.6. The fourth-order valence-corrected chi connectivity index (χ4v) is 3.11. The second-order valence-electron chi connectivity index (χ2n) is 6.25. The molecule has 0 amide bonds. The Kier molecular flexibility index (Phi) is 5.10. The Morgan fingerprint density at radius 3 is 2.38 bits per heavy atom. The van der Waals surface area contributed by atoms with Crippen molar-refractivity contribution in [3.8, 4) is 11.1 Å². The zero-order valence-electron chi connectivity index (χ0n) is 14.2. The Labute approximate surface area is 143 Å². The maximum atomic E-state index is 14.6. The lowest BCUT2D eigenvalue weighted by atomic mass is 9.97. The molecular formula is C23H23F. The quantitative estimate of drug-likeness (QED) is 0.443. The van der Waals surface area contributed by atoms with E-state index in [4.69, 9.17) is 0 Å². The van der Waals surface area contributed by atoms with Gasteiger partial charge in [0.2, 0.25) is 0 Å². The molecule has 0 nitrogen and oxygen atoms in total. The van der Waals surface area contributed by atoms with Crippen LogP contribution in [-0.4, -0.2) is 0 Å². The molecule has 0 saturated carbocycles. The van der Waals surface area contributed by atoms with Gasteiger partial charge in [-0.1, -0.05) is 68.0 Å². The van der Waals surface area contributed by atoms with Crippen LogP contribution in [0.15, 0.2) is 67.3 Å². The molecule has 0 aromatic heterocycles. The van der Waals surface area contributed by atoms with E-state index in [1.54, 1.807) is 0 Å². The summed E-state index contributed by atoms with van der Waals surface area (Å²) in [5.74, 6) is -0.0688. The fraction of sp³-hybridized carbons (Fsp3) is 0.217. The molecule has 0 saturated heterocycles. The Hall–Kier alpha value is -2.41. The van der Waals surface area contributed by atoms with Crippen molar-refractivity contribution >= 4 is 10.8 Å². The summed E-state index contributed by atoms with van der Waals surface area (Å²) in [4.78, 5) is 0. The van der Waals surface area contributed by atoms with Crippen LogP contribution in [0.5, 0.6) is 0 Å². The van der Waals surface area contributed by atoms with Crippen LogP contribution in [0.25, 0.3) is 21.9 Å². The van der Waals surface area contributed by atoms with E-state index < -0.39 is 0 Å². The lowest BCUT2D eigenvalue weighted by Crippen LogP contribution is -1.91. The predicted molar refractivity (Wildman–Crippen MR) is 102 cm³/mol. The molecule has 0 N–H and O–H groups in total. The number of rotatable bonds is 6. The van der Waals surface area contributed by atoms with Gasteiger partial charge in [0, 0.05) is 5.39 Å². The highest BCUT2D eigenvalue weighted by Crippen LogP contribution is 2.28. The second-order valence-corrected chi connectivity index (χ2v) is 6.25. The van der Waals surface area contributed by atoms with Crippen LogP contribution in [-0.2, 0) is 12.8 Å². The summed E-state index contributed by atoms with van der Waals surface area (Å²) in [6.45, 7) is 5.84. The van der Waals surface area contributed by atoms with E-state index in [1.807, 2.05) is 30.3 Å². The first-order valence-electron chi connectivity index (χ1n) is 8.64. The first kappa shape index (κ1) is 16.4. The third kappa shape index (κ3) is 3.41. The van der Waals surface area contributed by atoms with Crippen molar-refractivity contribution in [3.63, 3.8) is 0 Å². The van der Waals surface area contributed by atoms with E-state index in [1.165, 1.54) is 5.56 Å². The van der Waals surface area contributed by atoms with Gasteiger partial charge in [-0.25, -0.2) is 4.39 Å². The predicted octanol–water partition coefficient (Wildman–Crippen LogP) is 6.72. The summed E-state index contributed by atoms with van der Waals surface area (Å²) in [7, 11) is 0. The topological polar surface area (TPSA) is 0 Å². The van der Waals surface area contributed by atoms with Gasteiger partial charge in [-0.15, -0.1) is 6.58 Å². The molecule has 0 bridgehead atoms. The Balaban J connectivity index is 1.93. The molecule has 0 radical (unpaired) electrons. The highest BCUT2D eigenvalue weighted by atomic mass is 19.1. The Morgan fingerprint density at radius 2 is 1.67 bits per heavy atom. The second kappa shape index (κ2) is 7.44. The molecule has 0 fully saturated rings. The van der Waals surface area contributed by atoms with Crippen molar-refractivity contribution < 1.29 is 4.39 Å². The molecule has 0 spiro atoms. The minimum atomic E-state index is -0.0688. The van der Waals surface area contributed by atoms with Gasteiger partial charge >= 0.3 is 0 Å². The lowest BCUT2D eigenvalue weighted by Gasteiger charge is -2.09. The molecule has 0 unspecified atom stereocenters. The summed E-state index contributed by atoms with van der Waals surface area (Å²) >= 11 is 0. The van der Waals surface area contributed by atoms with Gasteiger partial charge in [0.25, 0.3) is 0 Å². The number of hydrogen-bond donors (Lipinski definition) is 0. The third-order valence-corrected chi connectivity index (χ3v) is 4.48. The number of aryl methyl sites for hydroxylation is 2. The van der Waals surface area contributed by atoms with Crippen LogP contribution in [0.1, 0.15) is 30.9 Å². The zero-order chi connectivity index (χ0) is 16.9. The van der Waals surface area contributed by atoms with Crippen molar-refractivity contribution in [1.29, 1.82) is 0 Å². The number of benzene rings is 3. The first-order valence-corrected chi connectivity index (χ1v) is 8.64. The molecule has 3 aromatic rings. The standard InChI is InChI=1S/C23H23F/c1-3-5-7-17-8-10-18(11-9-17)20-14-15-22-21(16-20)13-12-19(6-4-2)23(22)24/h3,8-16H,1,4-7H2,2H3. The SMILES string of the molecule is C=CCCc1ccc(-c2ccc3c(F)c(CCC)ccc3c2)cc1. The number of allylic oxidation sites excluding steroid dienone is 1. The summed E-state index contributed by atoms with van der Waals surface area (Å²) in [5, 5.41) is 1.67. The van der Waals surface area contributed by atoms with Gasteiger partial charge in [-0.05, 0) is 53.0 Å². The first-order chi connectivity index (χ1) is 11.7. The highest BCUT2D eigenvalue weighted by Gasteiger charge is 2.08. The van der Waals surface area contributed by atoms with Gasteiger partial charge < -0.3 is 0 Å². The maximum absolute atomic E-state index is 14.6. The average molecular weight is 318 g/mol. The largest absolute Gasteiger partial charge is 0.206 e. The molecule has 0 aliphatic heterocycles. The number of halogens is 1. The molecule has 3 rings (SSSR count).